The third-order valence-electron chi connectivity index (χ3n) is 4.13. The van der Waals surface area contributed by atoms with E-state index in [0.717, 1.165) is 5.39 Å². The Morgan fingerprint density at radius 2 is 1.88 bits per heavy atom. The summed E-state index contributed by atoms with van der Waals surface area (Å²) >= 11 is 6.19. The maximum Gasteiger partial charge on any atom is 0.317 e. The summed E-state index contributed by atoms with van der Waals surface area (Å²) < 4.78 is 0. The van der Waals surface area contributed by atoms with Crippen LogP contribution in [-0.4, -0.2) is 59.4 Å². The minimum Gasteiger partial charge on any atom is -0.338 e. The molecule has 126 valence electrons. The van der Waals surface area contributed by atoms with Crippen molar-refractivity contribution in [1.29, 1.82) is 0 Å². The van der Waals surface area contributed by atoms with E-state index in [4.69, 9.17) is 11.6 Å². The van der Waals surface area contributed by atoms with E-state index in [1.807, 2.05) is 13.0 Å². The van der Waals surface area contributed by atoms with Gasteiger partial charge in [-0.15, -0.1) is 0 Å². The molecule has 0 unspecified atom stereocenters. The van der Waals surface area contributed by atoms with E-state index >= 15 is 0 Å². The third-order valence-corrected chi connectivity index (χ3v) is 4.46. The van der Waals surface area contributed by atoms with Gasteiger partial charge in [0.25, 0.3) is 5.91 Å². The molecule has 0 spiro atoms. The number of carbonyl (C=O) groups is 2. The molecule has 24 heavy (non-hydrogen) atoms. The van der Waals surface area contributed by atoms with Gasteiger partial charge in [-0.1, -0.05) is 11.6 Å². The first-order valence-corrected chi connectivity index (χ1v) is 8.35. The molecule has 0 radical (unpaired) electrons. The predicted octanol–water partition coefficient (Wildman–Crippen LogP) is 2.38. The number of hydrogen-bond acceptors (Lipinski definition) is 3. The van der Waals surface area contributed by atoms with Crippen LogP contribution in [0.1, 0.15) is 17.3 Å². The fourth-order valence-corrected chi connectivity index (χ4v) is 3.07. The van der Waals surface area contributed by atoms with E-state index in [1.165, 1.54) is 0 Å². The number of hydrogen-bond donors (Lipinski definition) is 1. The Labute approximate surface area is 145 Å². The molecule has 3 amide bonds. The Kier molecular flexibility index (Phi) is 4.85. The zero-order valence-corrected chi connectivity index (χ0v) is 14.2. The molecule has 1 aromatic carbocycles. The van der Waals surface area contributed by atoms with Crippen molar-refractivity contribution >= 4 is 34.4 Å². The monoisotopic (exact) mass is 346 g/mol. The minimum absolute atomic E-state index is 0.0779. The van der Waals surface area contributed by atoms with Crippen LogP contribution >= 0.6 is 11.6 Å². The summed E-state index contributed by atoms with van der Waals surface area (Å²) in [4.78, 5) is 32.5. The molecule has 7 heteroatoms. The average molecular weight is 347 g/mol. The topological polar surface area (TPSA) is 65.5 Å². The van der Waals surface area contributed by atoms with Gasteiger partial charge in [0.15, 0.2) is 0 Å². The van der Waals surface area contributed by atoms with Crippen molar-refractivity contribution in [2.75, 3.05) is 32.7 Å². The number of pyridine rings is 1. The average Bonchev–Trinajstić information content (AvgIpc) is 2.62. The maximum absolute atomic E-state index is 12.9. The standard InChI is InChI=1S/C17H19ClN4O2/c1-2-19-17(24)22-10-8-21(9-11-22)16(23)13-5-6-14(18)12-4-3-7-20-15(12)13/h3-7H,2,8-11H2,1H3,(H,19,24). The maximum atomic E-state index is 12.9. The van der Waals surface area contributed by atoms with E-state index in [9.17, 15) is 9.59 Å². The molecular formula is C17H19ClN4O2. The van der Waals surface area contributed by atoms with Gasteiger partial charge in [-0.25, -0.2) is 4.79 Å². The lowest BCUT2D eigenvalue weighted by atomic mass is 10.1. The van der Waals surface area contributed by atoms with Crippen LogP contribution in [0.3, 0.4) is 0 Å². The Balaban J connectivity index is 1.77. The van der Waals surface area contributed by atoms with Crippen LogP contribution in [0.5, 0.6) is 0 Å². The van der Waals surface area contributed by atoms with Gasteiger partial charge in [-0.2, -0.15) is 0 Å². The first-order valence-electron chi connectivity index (χ1n) is 7.97. The Morgan fingerprint density at radius 3 is 2.58 bits per heavy atom. The van der Waals surface area contributed by atoms with Gasteiger partial charge >= 0.3 is 6.03 Å². The number of amides is 3. The summed E-state index contributed by atoms with van der Waals surface area (Å²) in [5.74, 6) is -0.0779. The summed E-state index contributed by atoms with van der Waals surface area (Å²) in [7, 11) is 0. The molecule has 1 aromatic heterocycles. The second kappa shape index (κ2) is 7.05. The zero-order valence-electron chi connectivity index (χ0n) is 13.5. The highest BCUT2D eigenvalue weighted by atomic mass is 35.5. The summed E-state index contributed by atoms with van der Waals surface area (Å²) in [5.41, 5.74) is 1.16. The van der Waals surface area contributed by atoms with Crippen molar-refractivity contribution in [1.82, 2.24) is 20.1 Å². The molecule has 6 nitrogen and oxygen atoms in total. The van der Waals surface area contributed by atoms with Crippen molar-refractivity contribution in [3.05, 3.63) is 41.0 Å². The fraction of sp³-hybridized carbons (Fsp3) is 0.353. The van der Waals surface area contributed by atoms with E-state index in [0.29, 0.717) is 48.8 Å². The molecule has 0 atom stereocenters. The number of carbonyl (C=O) groups excluding carboxylic acids is 2. The van der Waals surface area contributed by atoms with Gasteiger partial charge in [0.2, 0.25) is 0 Å². The van der Waals surface area contributed by atoms with Crippen LogP contribution in [0.25, 0.3) is 10.9 Å². The lowest BCUT2D eigenvalue weighted by Gasteiger charge is -2.34. The molecular weight excluding hydrogens is 328 g/mol. The van der Waals surface area contributed by atoms with Crippen LogP contribution in [0.2, 0.25) is 5.02 Å². The molecule has 1 aliphatic heterocycles. The van der Waals surface area contributed by atoms with Gasteiger partial charge in [0, 0.05) is 44.3 Å². The normalized spacial score (nSPS) is 14.8. The Bertz CT molecular complexity index is 772. The number of rotatable bonds is 2. The van der Waals surface area contributed by atoms with Crippen LogP contribution in [0.15, 0.2) is 30.5 Å². The Morgan fingerprint density at radius 1 is 1.17 bits per heavy atom. The first kappa shape index (κ1) is 16.5. The number of piperazine rings is 1. The van der Waals surface area contributed by atoms with Crippen molar-refractivity contribution in [3.63, 3.8) is 0 Å². The van der Waals surface area contributed by atoms with E-state index in [-0.39, 0.29) is 11.9 Å². The second-order valence-electron chi connectivity index (χ2n) is 5.61. The molecule has 2 heterocycles. The first-order chi connectivity index (χ1) is 11.6. The van der Waals surface area contributed by atoms with Crippen LogP contribution in [0.4, 0.5) is 4.79 Å². The van der Waals surface area contributed by atoms with Crippen LogP contribution in [0, 0.1) is 0 Å². The van der Waals surface area contributed by atoms with E-state index < -0.39 is 0 Å². The number of fused-ring (bicyclic) bond motifs is 1. The van der Waals surface area contributed by atoms with Crippen molar-refractivity contribution in [3.8, 4) is 0 Å². The van der Waals surface area contributed by atoms with Crippen molar-refractivity contribution in [2.24, 2.45) is 0 Å². The van der Waals surface area contributed by atoms with Gasteiger partial charge in [0.05, 0.1) is 16.1 Å². The summed E-state index contributed by atoms with van der Waals surface area (Å²) in [5, 5.41) is 4.13. The zero-order chi connectivity index (χ0) is 17.1. The predicted molar refractivity (Wildman–Crippen MR) is 93.3 cm³/mol. The van der Waals surface area contributed by atoms with Gasteiger partial charge in [-0.3, -0.25) is 9.78 Å². The van der Waals surface area contributed by atoms with Gasteiger partial charge in [0.1, 0.15) is 0 Å². The number of halogens is 1. The highest BCUT2D eigenvalue weighted by Crippen LogP contribution is 2.25. The molecule has 1 aliphatic rings. The number of aromatic nitrogens is 1. The van der Waals surface area contributed by atoms with Gasteiger partial charge in [-0.05, 0) is 31.2 Å². The fourth-order valence-electron chi connectivity index (χ4n) is 2.86. The third kappa shape index (κ3) is 3.14. The molecule has 1 N–H and O–H groups in total. The molecule has 3 rings (SSSR count). The molecule has 2 aromatic rings. The number of nitrogens with zero attached hydrogens (tertiary/aromatic N) is 3. The van der Waals surface area contributed by atoms with Crippen LogP contribution < -0.4 is 5.32 Å². The lowest BCUT2D eigenvalue weighted by Crippen LogP contribution is -2.53. The molecule has 1 saturated heterocycles. The smallest absolute Gasteiger partial charge is 0.317 e. The largest absolute Gasteiger partial charge is 0.338 e. The Hall–Kier alpha value is -2.34. The summed E-state index contributed by atoms with van der Waals surface area (Å²) in [6.45, 7) is 4.55. The van der Waals surface area contributed by atoms with Gasteiger partial charge < -0.3 is 15.1 Å². The lowest BCUT2D eigenvalue weighted by molar-refractivity contribution is 0.0667. The highest BCUT2D eigenvalue weighted by molar-refractivity contribution is 6.36. The molecule has 0 saturated carbocycles. The number of urea groups is 1. The molecule has 1 fully saturated rings. The SMILES string of the molecule is CCNC(=O)N1CCN(C(=O)c2ccc(Cl)c3cccnc23)CC1. The molecule has 0 aliphatic carbocycles. The van der Waals surface area contributed by atoms with E-state index in [2.05, 4.69) is 10.3 Å². The summed E-state index contributed by atoms with van der Waals surface area (Å²) in [6, 6.07) is 7.02. The highest BCUT2D eigenvalue weighted by Gasteiger charge is 2.26. The summed E-state index contributed by atoms with van der Waals surface area (Å²) in [6.07, 6.45) is 1.66. The second-order valence-corrected chi connectivity index (χ2v) is 6.02. The number of nitrogens with one attached hydrogen (secondary N) is 1. The van der Waals surface area contributed by atoms with Crippen LogP contribution in [-0.2, 0) is 0 Å². The molecule has 0 bridgehead atoms. The van der Waals surface area contributed by atoms with Crippen molar-refractivity contribution < 1.29 is 9.59 Å². The van der Waals surface area contributed by atoms with E-state index in [1.54, 1.807) is 34.2 Å². The number of benzene rings is 1. The minimum atomic E-state index is -0.0804. The van der Waals surface area contributed by atoms with Crippen molar-refractivity contribution in [2.45, 2.75) is 6.92 Å². The quantitative estimate of drug-likeness (QED) is 0.908.